The lowest BCUT2D eigenvalue weighted by atomic mass is 9.97. The van der Waals surface area contributed by atoms with Gasteiger partial charge in [0.15, 0.2) is 5.92 Å². The third kappa shape index (κ3) is 8.34. The molecule has 5 nitrogen and oxygen atoms in total. The van der Waals surface area contributed by atoms with Crippen molar-refractivity contribution in [2.24, 2.45) is 5.92 Å². The van der Waals surface area contributed by atoms with E-state index in [1.807, 2.05) is 48.5 Å². The molecule has 0 saturated heterocycles. The van der Waals surface area contributed by atoms with Crippen LogP contribution in [-0.4, -0.2) is 35.2 Å². The first-order valence-electron chi connectivity index (χ1n) is 12.9. The van der Waals surface area contributed by atoms with E-state index in [-0.39, 0.29) is 6.42 Å². The topological polar surface area (TPSA) is 77.8 Å². The first kappa shape index (κ1) is 28.2. The minimum absolute atomic E-state index is 0.00369. The molecule has 0 saturated carbocycles. The zero-order chi connectivity index (χ0) is 27.3. The molecule has 5 heteroatoms. The lowest BCUT2D eigenvalue weighted by Crippen LogP contribution is -2.25. The maximum absolute atomic E-state index is 10.9. The second kappa shape index (κ2) is 14.4. The van der Waals surface area contributed by atoms with Crippen molar-refractivity contribution in [2.45, 2.75) is 26.7 Å². The number of hydrogen-bond acceptors (Lipinski definition) is 3. The van der Waals surface area contributed by atoms with Crippen molar-refractivity contribution in [1.29, 1.82) is 0 Å². The number of carbonyl (C=O) groups is 2. The van der Waals surface area contributed by atoms with Crippen molar-refractivity contribution >= 4 is 17.6 Å². The Labute approximate surface area is 225 Å². The summed E-state index contributed by atoms with van der Waals surface area (Å²) in [6.07, 6.45) is 0.790. The number of nitrogens with zero attached hydrogens (tertiary/aromatic N) is 1. The van der Waals surface area contributed by atoms with E-state index < -0.39 is 17.9 Å². The fraction of sp³-hybridized carbons (Fsp3) is 0.212. The Balaban J connectivity index is 0.000000215. The van der Waals surface area contributed by atoms with Crippen LogP contribution in [0.25, 0.3) is 11.1 Å². The SMILES string of the molecule is CCN(CC)c1ccc(-c2ccccc2)cc1.O=C(O)C(Cc1ccc(Cc2ccccc2)cc1)C(=O)O. The molecule has 0 aliphatic rings. The van der Waals surface area contributed by atoms with Crippen LogP contribution in [0.1, 0.15) is 30.5 Å². The molecule has 196 valence electrons. The van der Waals surface area contributed by atoms with Crippen LogP contribution in [0.3, 0.4) is 0 Å². The van der Waals surface area contributed by atoms with E-state index in [1.165, 1.54) is 22.4 Å². The maximum atomic E-state index is 10.9. The lowest BCUT2D eigenvalue weighted by molar-refractivity contribution is -0.154. The van der Waals surface area contributed by atoms with Crippen LogP contribution in [0.15, 0.2) is 109 Å². The molecule has 0 aliphatic carbocycles. The van der Waals surface area contributed by atoms with Crippen molar-refractivity contribution in [3.8, 4) is 11.1 Å². The highest BCUT2D eigenvalue weighted by atomic mass is 16.4. The zero-order valence-corrected chi connectivity index (χ0v) is 22.0. The van der Waals surface area contributed by atoms with Crippen LogP contribution in [0, 0.1) is 5.92 Å². The molecular formula is C33H35NO4. The van der Waals surface area contributed by atoms with E-state index >= 15 is 0 Å². The summed E-state index contributed by atoms with van der Waals surface area (Å²) >= 11 is 0. The molecule has 4 aromatic rings. The Morgan fingerprint density at radius 2 is 1.05 bits per heavy atom. The average molecular weight is 510 g/mol. The Bertz CT molecular complexity index is 1250. The molecule has 0 unspecified atom stereocenters. The number of anilines is 1. The first-order valence-corrected chi connectivity index (χ1v) is 12.9. The molecule has 4 aromatic carbocycles. The van der Waals surface area contributed by atoms with E-state index in [1.54, 1.807) is 12.1 Å². The predicted molar refractivity (Wildman–Crippen MR) is 154 cm³/mol. The standard InChI is InChI=1S/C17H16O4.C16H19N/c18-16(19)15(17(20)21)11-14-8-6-13(7-9-14)10-12-4-2-1-3-5-12;1-3-17(4-2)16-12-10-15(11-13-16)14-8-6-5-7-9-14/h1-9,15H,10-11H2,(H,18,19)(H,20,21);5-13H,3-4H2,1-2H3. The van der Waals surface area contributed by atoms with Gasteiger partial charge in [0.2, 0.25) is 0 Å². The summed E-state index contributed by atoms with van der Waals surface area (Å²) in [7, 11) is 0. The largest absolute Gasteiger partial charge is 0.481 e. The van der Waals surface area contributed by atoms with E-state index in [0.29, 0.717) is 5.56 Å². The van der Waals surface area contributed by atoms with E-state index in [0.717, 1.165) is 25.1 Å². The minimum atomic E-state index is -1.40. The van der Waals surface area contributed by atoms with Crippen molar-refractivity contribution in [3.63, 3.8) is 0 Å². The van der Waals surface area contributed by atoms with E-state index in [4.69, 9.17) is 10.2 Å². The number of rotatable bonds is 10. The van der Waals surface area contributed by atoms with Gasteiger partial charge in [0.1, 0.15) is 0 Å². The lowest BCUT2D eigenvalue weighted by Gasteiger charge is -2.21. The molecule has 0 bridgehead atoms. The maximum Gasteiger partial charge on any atom is 0.318 e. The number of hydrogen-bond donors (Lipinski definition) is 2. The molecule has 0 amide bonds. The summed E-state index contributed by atoms with van der Waals surface area (Å²) in [5, 5.41) is 17.7. The average Bonchev–Trinajstić information content (AvgIpc) is 2.95. The summed E-state index contributed by atoms with van der Waals surface area (Å²) < 4.78 is 0. The molecule has 0 aliphatic heterocycles. The molecule has 0 radical (unpaired) electrons. The van der Waals surface area contributed by atoms with Crippen LogP contribution < -0.4 is 4.90 Å². The molecule has 0 fully saturated rings. The molecule has 0 aromatic heterocycles. The predicted octanol–water partition coefficient (Wildman–Crippen LogP) is 6.81. The van der Waals surface area contributed by atoms with Crippen LogP contribution in [0.5, 0.6) is 0 Å². The van der Waals surface area contributed by atoms with E-state index in [9.17, 15) is 9.59 Å². The van der Waals surface area contributed by atoms with Gasteiger partial charge in [-0.05, 0) is 66.6 Å². The Hall–Kier alpha value is -4.38. The Morgan fingerprint density at radius 1 is 0.605 bits per heavy atom. The monoisotopic (exact) mass is 509 g/mol. The quantitative estimate of drug-likeness (QED) is 0.230. The van der Waals surface area contributed by atoms with Crippen molar-refractivity contribution in [2.75, 3.05) is 18.0 Å². The Morgan fingerprint density at radius 3 is 1.55 bits per heavy atom. The minimum Gasteiger partial charge on any atom is -0.481 e. The molecule has 4 rings (SSSR count). The fourth-order valence-electron chi connectivity index (χ4n) is 4.22. The summed E-state index contributed by atoms with van der Waals surface area (Å²) in [6, 6.07) is 36.7. The number of carboxylic acid groups (broad SMARTS) is 2. The number of benzene rings is 4. The summed E-state index contributed by atoms with van der Waals surface area (Å²) in [5.41, 5.74) is 6.86. The van der Waals surface area contributed by atoms with Gasteiger partial charge >= 0.3 is 11.9 Å². The second-order valence-corrected chi connectivity index (χ2v) is 9.00. The first-order chi connectivity index (χ1) is 18.4. The van der Waals surface area contributed by atoms with Gasteiger partial charge in [-0.15, -0.1) is 0 Å². The fourth-order valence-corrected chi connectivity index (χ4v) is 4.22. The van der Waals surface area contributed by atoms with Crippen LogP contribution in [0.4, 0.5) is 5.69 Å². The van der Waals surface area contributed by atoms with Crippen molar-refractivity contribution in [1.82, 2.24) is 0 Å². The van der Waals surface area contributed by atoms with E-state index in [2.05, 4.69) is 67.3 Å². The molecule has 0 heterocycles. The van der Waals surface area contributed by atoms with Gasteiger partial charge < -0.3 is 15.1 Å². The molecule has 0 spiro atoms. The molecular weight excluding hydrogens is 474 g/mol. The third-order valence-corrected chi connectivity index (χ3v) is 6.41. The summed E-state index contributed by atoms with van der Waals surface area (Å²) in [5.74, 6) is -4.02. The van der Waals surface area contributed by atoms with Gasteiger partial charge in [-0.1, -0.05) is 97.1 Å². The van der Waals surface area contributed by atoms with Crippen LogP contribution in [0.2, 0.25) is 0 Å². The van der Waals surface area contributed by atoms with Gasteiger partial charge in [0.25, 0.3) is 0 Å². The zero-order valence-electron chi connectivity index (χ0n) is 22.0. The summed E-state index contributed by atoms with van der Waals surface area (Å²) in [6.45, 7) is 6.49. The molecule has 0 atom stereocenters. The highest BCUT2D eigenvalue weighted by Gasteiger charge is 2.25. The third-order valence-electron chi connectivity index (χ3n) is 6.41. The van der Waals surface area contributed by atoms with Gasteiger partial charge in [0.05, 0.1) is 0 Å². The van der Waals surface area contributed by atoms with Gasteiger partial charge in [-0.25, -0.2) is 0 Å². The van der Waals surface area contributed by atoms with Gasteiger partial charge in [-0.3, -0.25) is 9.59 Å². The smallest absolute Gasteiger partial charge is 0.318 e. The van der Waals surface area contributed by atoms with Crippen molar-refractivity contribution in [3.05, 3.63) is 126 Å². The second-order valence-electron chi connectivity index (χ2n) is 9.00. The Kier molecular flexibility index (Phi) is 10.7. The van der Waals surface area contributed by atoms with Crippen LogP contribution in [-0.2, 0) is 22.4 Å². The number of carboxylic acids is 2. The van der Waals surface area contributed by atoms with Crippen molar-refractivity contribution < 1.29 is 19.8 Å². The highest BCUT2D eigenvalue weighted by Crippen LogP contribution is 2.22. The highest BCUT2D eigenvalue weighted by molar-refractivity contribution is 5.93. The normalized spacial score (nSPS) is 10.4. The van der Waals surface area contributed by atoms with Crippen LogP contribution >= 0.6 is 0 Å². The van der Waals surface area contributed by atoms with Gasteiger partial charge in [0, 0.05) is 18.8 Å². The summed E-state index contributed by atoms with van der Waals surface area (Å²) in [4.78, 5) is 24.1. The molecule has 2 N–H and O–H groups in total. The molecule has 38 heavy (non-hydrogen) atoms. The van der Waals surface area contributed by atoms with Gasteiger partial charge in [-0.2, -0.15) is 0 Å². The number of aliphatic carboxylic acids is 2.